The van der Waals surface area contributed by atoms with E-state index in [1.807, 2.05) is 6.07 Å². The molecule has 0 aliphatic carbocycles. The van der Waals surface area contributed by atoms with E-state index in [9.17, 15) is 13.6 Å². The van der Waals surface area contributed by atoms with E-state index in [-0.39, 0.29) is 12.2 Å². The molecule has 1 aliphatic heterocycles. The zero-order chi connectivity index (χ0) is 16.9. The van der Waals surface area contributed by atoms with E-state index in [0.717, 1.165) is 43.9 Å². The van der Waals surface area contributed by atoms with Gasteiger partial charge in [-0.1, -0.05) is 0 Å². The number of urea groups is 1. The maximum atomic E-state index is 13.1. The van der Waals surface area contributed by atoms with Gasteiger partial charge in [0, 0.05) is 31.0 Å². The maximum absolute atomic E-state index is 13.1. The first-order chi connectivity index (χ1) is 11.6. The molecule has 2 N–H and O–H groups in total. The normalized spacial score (nSPS) is 13.8. The molecule has 0 unspecified atom stereocenters. The van der Waals surface area contributed by atoms with Crippen molar-refractivity contribution < 1.29 is 13.6 Å². The topological polar surface area (TPSA) is 70.2 Å². The minimum absolute atomic E-state index is 0.136. The van der Waals surface area contributed by atoms with Gasteiger partial charge in [0.1, 0.15) is 11.6 Å². The number of nitrogens with zero attached hydrogens (tertiary/aromatic N) is 3. The van der Waals surface area contributed by atoms with E-state index in [2.05, 4.69) is 25.5 Å². The predicted molar refractivity (Wildman–Crippen MR) is 85.7 cm³/mol. The molecule has 0 atom stereocenters. The molecule has 2 amide bonds. The number of hydrogen-bond acceptors (Lipinski definition) is 4. The molecular weight excluding hydrogens is 316 g/mol. The molecule has 6 nitrogen and oxygen atoms in total. The molecule has 3 rings (SSSR count). The Hall–Kier alpha value is -2.77. The van der Waals surface area contributed by atoms with E-state index < -0.39 is 17.7 Å². The van der Waals surface area contributed by atoms with Crippen molar-refractivity contribution in [1.82, 2.24) is 15.3 Å². The van der Waals surface area contributed by atoms with Crippen LogP contribution in [0.25, 0.3) is 0 Å². The summed E-state index contributed by atoms with van der Waals surface area (Å²) >= 11 is 0. The Morgan fingerprint density at radius 1 is 1.17 bits per heavy atom. The minimum atomic E-state index is -1.02. The Labute approximate surface area is 137 Å². The van der Waals surface area contributed by atoms with E-state index >= 15 is 0 Å². The second-order valence-corrected chi connectivity index (χ2v) is 5.46. The summed E-state index contributed by atoms with van der Waals surface area (Å²) < 4.78 is 25.9. The Balaban J connectivity index is 1.55. The van der Waals surface area contributed by atoms with Crippen molar-refractivity contribution >= 4 is 17.5 Å². The third-order valence-corrected chi connectivity index (χ3v) is 3.71. The van der Waals surface area contributed by atoms with E-state index in [1.54, 1.807) is 6.20 Å². The van der Waals surface area contributed by atoms with Crippen molar-refractivity contribution in [3.05, 3.63) is 47.9 Å². The molecule has 1 aromatic heterocycles. The highest BCUT2D eigenvalue weighted by Crippen LogP contribution is 2.17. The highest BCUT2D eigenvalue weighted by Gasteiger charge is 2.14. The molecular formula is C16H17F2N5O. The molecule has 1 fully saturated rings. The van der Waals surface area contributed by atoms with Gasteiger partial charge in [-0.3, -0.25) is 0 Å². The second kappa shape index (κ2) is 7.20. The van der Waals surface area contributed by atoms with Gasteiger partial charge in [0.25, 0.3) is 0 Å². The fraction of sp³-hybridized carbons (Fsp3) is 0.312. The average Bonchev–Trinajstić information content (AvgIpc) is 3.11. The van der Waals surface area contributed by atoms with Gasteiger partial charge in [0.2, 0.25) is 0 Å². The van der Waals surface area contributed by atoms with Gasteiger partial charge < -0.3 is 15.5 Å². The summed E-state index contributed by atoms with van der Waals surface area (Å²) in [5, 5.41) is 5.02. The molecule has 24 heavy (non-hydrogen) atoms. The van der Waals surface area contributed by atoms with Gasteiger partial charge in [-0.15, -0.1) is 0 Å². The summed E-state index contributed by atoms with van der Waals surface area (Å²) in [5.41, 5.74) is 0.165. The summed E-state index contributed by atoms with van der Waals surface area (Å²) in [4.78, 5) is 22.5. The van der Waals surface area contributed by atoms with Crippen molar-refractivity contribution in [2.75, 3.05) is 23.3 Å². The molecule has 1 saturated heterocycles. The Kier molecular flexibility index (Phi) is 4.83. The van der Waals surface area contributed by atoms with Crippen LogP contribution in [-0.4, -0.2) is 29.1 Å². The van der Waals surface area contributed by atoms with Gasteiger partial charge in [-0.25, -0.2) is 23.5 Å². The lowest BCUT2D eigenvalue weighted by atomic mass is 10.3. The average molecular weight is 333 g/mol. The first kappa shape index (κ1) is 16.1. The number of rotatable bonds is 4. The molecule has 0 bridgehead atoms. The lowest BCUT2D eigenvalue weighted by Gasteiger charge is -2.16. The third-order valence-electron chi connectivity index (χ3n) is 3.71. The smallest absolute Gasteiger partial charge is 0.319 e. The molecule has 0 radical (unpaired) electrons. The second-order valence-electron chi connectivity index (χ2n) is 5.46. The van der Waals surface area contributed by atoms with Gasteiger partial charge in [-0.05, 0) is 31.0 Å². The molecule has 1 aliphatic rings. The number of carbonyl (C=O) groups excluding carboxylic acids is 1. The largest absolute Gasteiger partial charge is 0.357 e. The van der Waals surface area contributed by atoms with Crippen LogP contribution in [-0.2, 0) is 6.54 Å². The van der Waals surface area contributed by atoms with Crippen LogP contribution in [0.15, 0.2) is 30.5 Å². The van der Waals surface area contributed by atoms with Crippen LogP contribution < -0.4 is 15.5 Å². The Morgan fingerprint density at radius 3 is 2.71 bits per heavy atom. The number of nitrogens with one attached hydrogen (secondary N) is 2. The van der Waals surface area contributed by atoms with Crippen LogP contribution in [0.3, 0.4) is 0 Å². The molecule has 1 aromatic carbocycles. The van der Waals surface area contributed by atoms with Gasteiger partial charge in [0.15, 0.2) is 11.6 Å². The molecule has 8 heteroatoms. The van der Waals surface area contributed by atoms with E-state index in [4.69, 9.17) is 0 Å². The maximum Gasteiger partial charge on any atom is 0.319 e. The Morgan fingerprint density at radius 2 is 1.96 bits per heavy atom. The van der Waals surface area contributed by atoms with Crippen molar-refractivity contribution in [1.29, 1.82) is 0 Å². The van der Waals surface area contributed by atoms with Crippen LogP contribution in [0.1, 0.15) is 18.7 Å². The molecule has 0 saturated carbocycles. The van der Waals surface area contributed by atoms with Crippen molar-refractivity contribution in [3.63, 3.8) is 0 Å². The first-order valence-electron chi connectivity index (χ1n) is 7.68. The van der Waals surface area contributed by atoms with Gasteiger partial charge in [0.05, 0.1) is 6.54 Å². The standard InChI is InChI=1S/C16H17F2N5O/c17-12-4-3-11(9-13(12)18)21-16(24)20-10-14-19-6-5-15(22-14)23-7-1-2-8-23/h3-6,9H,1-2,7-8,10H2,(H2,20,21,24). The zero-order valence-electron chi connectivity index (χ0n) is 12.9. The SMILES string of the molecule is O=C(NCc1nccc(N2CCCC2)n1)Nc1ccc(F)c(F)c1. The van der Waals surface area contributed by atoms with Gasteiger partial charge in [-0.2, -0.15) is 0 Å². The fourth-order valence-corrected chi connectivity index (χ4v) is 2.50. The van der Waals surface area contributed by atoms with Gasteiger partial charge >= 0.3 is 6.03 Å². The zero-order valence-corrected chi connectivity index (χ0v) is 12.9. The van der Waals surface area contributed by atoms with Crippen LogP contribution >= 0.6 is 0 Å². The molecule has 126 valence electrons. The molecule has 2 heterocycles. The number of anilines is 2. The van der Waals surface area contributed by atoms with Crippen LogP contribution in [0.2, 0.25) is 0 Å². The van der Waals surface area contributed by atoms with Crippen LogP contribution in [0.4, 0.5) is 25.1 Å². The van der Waals surface area contributed by atoms with Crippen molar-refractivity contribution in [2.45, 2.75) is 19.4 Å². The number of aromatic nitrogens is 2. The monoisotopic (exact) mass is 333 g/mol. The van der Waals surface area contributed by atoms with Crippen LogP contribution in [0.5, 0.6) is 0 Å². The lowest BCUT2D eigenvalue weighted by molar-refractivity contribution is 0.251. The number of halogens is 2. The summed E-state index contributed by atoms with van der Waals surface area (Å²) in [6.45, 7) is 2.08. The number of benzene rings is 1. The summed E-state index contributed by atoms with van der Waals surface area (Å²) in [7, 11) is 0. The lowest BCUT2D eigenvalue weighted by Crippen LogP contribution is -2.29. The fourth-order valence-electron chi connectivity index (χ4n) is 2.50. The summed E-state index contributed by atoms with van der Waals surface area (Å²) in [5.74, 6) is -0.650. The highest BCUT2D eigenvalue weighted by atomic mass is 19.2. The third kappa shape index (κ3) is 3.95. The van der Waals surface area contributed by atoms with Crippen molar-refractivity contribution in [3.8, 4) is 0 Å². The number of hydrogen-bond donors (Lipinski definition) is 2. The molecule has 0 spiro atoms. The van der Waals surface area contributed by atoms with Crippen molar-refractivity contribution in [2.24, 2.45) is 0 Å². The van der Waals surface area contributed by atoms with E-state index in [0.29, 0.717) is 5.82 Å². The quantitative estimate of drug-likeness (QED) is 0.902. The van der Waals surface area contributed by atoms with E-state index in [1.165, 1.54) is 6.07 Å². The first-order valence-corrected chi connectivity index (χ1v) is 7.68. The predicted octanol–water partition coefficient (Wildman–Crippen LogP) is 2.68. The summed E-state index contributed by atoms with van der Waals surface area (Å²) in [6, 6.07) is 4.45. The highest BCUT2D eigenvalue weighted by molar-refractivity contribution is 5.89. The number of carbonyl (C=O) groups is 1. The Bertz CT molecular complexity index is 734. The minimum Gasteiger partial charge on any atom is -0.357 e. The van der Waals surface area contributed by atoms with Crippen LogP contribution in [0, 0.1) is 11.6 Å². The summed E-state index contributed by atoms with van der Waals surface area (Å²) in [6.07, 6.45) is 3.95. The molecule has 2 aromatic rings. The number of amides is 2.